The molecule has 0 radical (unpaired) electrons. The van der Waals surface area contributed by atoms with Gasteiger partial charge in [-0.25, -0.2) is 0 Å². The van der Waals surface area contributed by atoms with E-state index in [-0.39, 0.29) is 73.2 Å². The second-order valence-corrected chi connectivity index (χ2v) is 22.0. The molecule has 64 heavy (non-hydrogen) atoms. The molecule has 1 N–H and O–H groups in total. The first-order valence-corrected chi connectivity index (χ1v) is 27.6. The molecule has 0 aromatic rings. The summed E-state index contributed by atoms with van der Waals surface area (Å²) in [4.78, 5) is 38.2. The predicted octanol–water partition coefficient (Wildman–Crippen LogP) is 11.7. The minimum atomic E-state index is -3.82. The summed E-state index contributed by atoms with van der Waals surface area (Å²) in [6, 6.07) is 0. The first-order valence-electron chi connectivity index (χ1n) is 25.8. The van der Waals surface area contributed by atoms with Gasteiger partial charge in [0.15, 0.2) is 0 Å². The predicted molar refractivity (Wildman–Crippen MR) is 256 cm³/mol. The zero-order valence-electron chi connectivity index (χ0n) is 41.7. The molecule has 13 heteroatoms. The van der Waals surface area contributed by atoms with Crippen molar-refractivity contribution in [2.45, 2.75) is 237 Å². The van der Waals surface area contributed by atoms with Crippen molar-refractivity contribution in [2.75, 3.05) is 60.3 Å². The van der Waals surface area contributed by atoms with Crippen molar-refractivity contribution in [1.82, 2.24) is 4.90 Å². The Morgan fingerprint density at radius 2 is 1.36 bits per heavy atom. The van der Waals surface area contributed by atoms with Crippen LogP contribution in [0.3, 0.4) is 0 Å². The van der Waals surface area contributed by atoms with E-state index in [1.807, 2.05) is 19.0 Å². The number of epoxide rings is 2. The monoisotopic (exact) mass is 928 g/mol. The molecule has 3 unspecified atom stereocenters. The number of esters is 2. The topological polar surface area (TPSA) is 146 Å². The van der Waals surface area contributed by atoms with Crippen LogP contribution in [0.25, 0.3) is 0 Å². The first kappa shape index (κ1) is 57.0. The highest BCUT2D eigenvalue weighted by molar-refractivity contribution is 7.52. The van der Waals surface area contributed by atoms with E-state index in [1.165, 1.54) is 89.0 Å². The zero-order chi connectivity index (χ0) is 46.7. The van der Waals surface area contributed by atoms with Gasteiger partial charge in [-0.05, 0) is 86.4 Å². The molecule has 2 aliphatic heterocycles. The minimum absolute atomic E-state index is 0.00714. The molecule has 8 atom stereocenters. The molecular formula is C51H94NO11P. The van der Waals surface area contributed by atoms with Crippen LogP contribution in [0, 0.1) is 5.92 Å². The van der Waals surface area contributed by atoms with Crippen LogP contribution in [0.1, 0.15) is 201 Å². The van der Waals surface area contributed by atoms with Crippen LogP contribution in [-0.2, 0) is 47.1 Å². The summed E-state index contributed by atoms with van der Waals surface area (Å²) in [6.45, 7) is 10.5. The Labute approximate surface area is 389 Å². The number of carbonyl (C=O) groups is 2. The van der Waals surface area contributed by atoms with Crippen LogP contribution in [0.15, 0.2) is 11.6 Å². The molecule has 0 amide bonds. The highest BCUT2D eigenvalue weighted by Gasteiger charge is 2.72. The fourth-order valence-corrected chi connectivity index (χ4v) is 10.6. The molecule has 2 saturated heterocycles. The molecule has 1 spiro atoms. The van der Waals surface area contributed by atoms with E-state index in [4.69, 9.17) is 32.9 Å². The molecule has 3 fully saturated rings. The van der Waals surface area contributed by atoms with Crippen molar-refractivity contribution in [3.05, 3.63) is 11.6 Å². The second kappa shape index (κ2) is 31.6. The van der Waals surface area contributed by atoms with E-state index in [9.17, 15) is 19.0 Å². The summed E-state index contributed by atoms with van der Waals surface area (Å²) in [5.74, 6) is -0.531. The number of allylic oxidation sites excluding steroid dienone is 1. The molecule has 2 heterocycles. The average Bonchev–Trinajstić information content (AvgIpc) is 4.17. The number of rotatable bonds is 40. The lowest BCUT2D eigenvalue weighted by molar-refractivity contribution is -0.172. The van der Waals surface area contributed by atoms with Crippen molar-refractivity contribution in [3.8, 4) is 0 Å². The summed E-state index contributed by atoms with van der Waals surface area (Å²) in [5, 5.41) is 0. The van der Waals surface area contributed by atoms with Gasteiger partial charge in [0.2, 0.25) is 0 Å². The third-order valence-electron chi connectivity index (χ3n) is 13.5. The molecule has 12 nitrogen and oxygen atoms in total. The normalized spacial score (nSPS) is 25.3. The van der Waals surface area contributed by atoms with Crippen LogP contribution in [0.2, 0.25) is 0 Å². The van der Waals surface area contributed by atoms with Crippen molar-refractivity contribution >= 4 is 19.5 Å². The zero-order valence-corrected chi connectivity index (χ0v) is 42.6. The molecule has 1 saturated carbocycles. The van der Waals surface area contributed by atoms with E-state index in [1.54, 1.807) is 7.11 Å². The summed E-state index contributed by atoms with van der Waals surface area (Å²) in [7, 11) is 1.72. The maximum absolute atomic E-state index is 13.0. The fraction of sp³-hybridized carbons (Fsp3) is 0.922. The molecule has 0 aromatic carbocycles. The van der Waals surface area contributed by atoms with Gasteiger partial charge in [-0.3, -0.25) is 14.2 Å². The van der Waals surface area contributed by atoms with Crippen LogP contribution in [-0.4, -0.2) is 118 Å². The third-order valence-corrected chi connectivity index (χ3v) is 15.0. The van der Waals surface area contributed by atoms with Gasteiger partial charge in [0.25, 0.3) is 0 Å². The van der Waals surface area contributed by atoms with E-state index >= 15 is 0 Å². The molecule has 1 aliphatic carbocycles. The van der Waals surface area contributed by atoms with Crippen molar-refractivity contribution < 1.29 is 52.0 Å². The standard InChI is InChI=1S/C51H94NO11P/c1-8-9-10-11-12-13-14-15-16-17-18-19-22-25-28-37-58-39-43(40-60-64(55,56)38-29-36-52(5)6)61-46(53)30-26-23-20-21-24-27-31-47(54)62-44-34-35-51(41-59-51)49(48(44)57-7)50(4)45(63-50)33-32-42(2)3/h32,43-45,48-49H,8-31,33-41H2,1-7H3,(H,55,56)/t43?,44-,45?,48-,49-,50+,51+/m1/s1. The van der Waals surface area contributed by atoms with Gasteiger partial charge >= 0.3 is 19.5 Å². The molecule has 3 aliphatic rings. The Hall–Kier alpha value is -1.37. The van der Waals surface area contributed by atoms with Crippen LogP contribution < -0.4 is 0 Å². The van der Waals surface area contributed by atoms with Crippen molar-refractivity contribution in [1.29, 1.82) is 0 Å². The summed E-state index contributed by atoms with van der Waals surface area (Å²) >= 11 is 0. The van der Waals surface area contributed by atoms with Gasteiger partial charge in [0, 0.05) is 26.6 Å². The van der Waals surface area contributed by atoms with Gasteiger partial charge in [-0.1, -0.05) is 134 Å². The van der Waals surface area contributed by atoms with E-state index in [2.05, 4.69) is 33.8 Å². The third kappa shape index (κ3) is 23.1. The lowest BCUT2D eigenvalue weighted by Crippen LogP contribution is -2.55. The lowest BCUT2D eigenvalue weighted by atomic mass is 9.68. The van der Waals surface area contributed by atoms with Gasteiger partial charge in [-0.2, -0.15) is 0 Å². The quantitative estimate of drug-likeness (QED) is 0.0205. The number of unbranched alkanes of at least 4 members (excludes halogenated alkanes) is 19. The average molecular weight is 928 g/mol. The number of hydrogen-bond acceptors (Lipinski definition) is 11. The first-order chi connectivity index (χ1) is 30.7. The molecule has 0 bridgehead atoms. The number of carbonyl (C=O) groups excluding carboxylic acids is 2. The number of nitrogens with zero attached hydrogens (tertiary/aromatic N) is 1. The second-order valence-electron chi connectivity index (χ2n) is 20.0. The Morgan fingerprint density at radius 3 is 1.89 bits per heavy atom. The maximum Gasteiger partial charge on any atom is 0.328 e. The van der Waals surface area contributed by atoms with Gasteiger partial charge < -0.3 is 42.7 Å². The van der Waals surface area contributed by atoms with Crippen molar-refractivity contribution in [2.24, 2.45) is 5.92 Å². The molecule has 374 valence electrons. The summed E-state index contributed by atoms with van der Waals surface area (Å²) in [5.41, 5.74) is 0.659. The summed E-state index contributed by atoms with van der Waals surface area (Å²) < 4.78 is 54.2. The Bertz CT molecular complexity index is 1350. The Kier molecular flexibility index (Phi) is 28.1. The van der Waals surface area contributed by atoms with Gasteiger partial charge in [0.05, 0.1) is 38.0 Å². The molecule has 0 aromatic heterocycles. The van der Waals surface area contributed by atoms with E-state index in [0.29, 0.717) is 39.0 Å². The molecule has 3 rings (SSSR count). The highest BCUT2D eigenvalue weighted by Crippen LogP contribution is 2.59. The Balaban J connectivity index is 1.27. The number of hydrogen-bond donors (Lipinski definition) is 1. The minimum Gasteiger partial charge on any atom is -0.460 e. The van der Waals surface area contributed by atoms with Crippen molar-refractivity contribution in [3.63, 3.8) is 0 Å². The lowest BCUT2D eigenvalue weighted by Gasteiger charge is -2.42. The highest BCUT2D eigenvalue weighted by atomic mass is 31.2. The van der Waals surface area contributed by atoms with Crippen LogP contribution in [0.4, 0.5) is 0 Å². The van der Waals surface area contributed by atoms with E-state index < -0.39 is 13.7 Å². The summed E-state index contributed by atoms with van der Waals surface area (Å²) in [6.07, 6.45) is 29.2. The largest absolute Gasteiger partial charge is 0.460 e. The smallest absolute Gasteiger partial charge is 0.328 e. The number of methoxy groups -OCH3 is 1. The van der Waals surface area contributed by atoms with Gasteiger partial charge in [-0.15, -0.1) is 0 Å². The Morgan fingerprint density at radius 1 is 0.812 bits per heavy atom. The molecular weight excluding hydrogens is 834 g/mol. The van der Waals surface area contributed by atoms with E-state index in [0.717, 1.165) is 64.2 Å². The fourth-order valence-electron chi connectivity index (χ4n) is 9.55. The maximum atomic E-state index is 13.0. The SMILES string of the molecule is CCCCCCCCCCCCCCCCCOCC(COP(=O)(O)CCCN(C)C)OC(=O)CCCCCCCCC(=O)O[C@@H]1CC[C@]2(CO2)[C@@H]([C@@]2(C)OC2CC=C(C)C)[C@@H]1OC. The van der Waals surface area contributed by atoms with Gasteiger partial charge in [0.1, 0.15) is 29.5 Å². The van der Waals surface area contributed by atoms with Crippen LogP contribution in [0.5, 0.6) is 0 Å². The number of ether oxygens (including phenoxy) is 6. The van der Waals surface area contributed by atoms with Crippen LogP contribution >= 0.6 is 7.60 Å².